The van der Waals surface area contributed by atoms with Crippen molar-refractivity contribution < 1.29 is 0 Å². The molecule has 2 atom stereocenters. The molecule has 1 aromatic carbocycles. The van der Waals surface area contributed by atoms with Crippen molar-refractivity contribution in [3.05, 3.63) is 36.0 Å². The van der Waals surface area contributed by atoms with E-state index < -0.39 is 0 Å². The first-order chi connectivity index (χ1) is 9.83. The summed E-state index contributed by atoms with van der Waals surface area (Å²) >= 11 is 0. The quantitative estimate of drug-likeness (QED) is 0.807. The molecule has 0 amide bonds. The largest absolute Gasteiger partial charge is 0.339 e. The second-order valence-corrected chi connectivity index (χ2v) is 6.42. The number of para-hydroxylation sites is 1. The molecule has 3 nitrogen and oxygen atoms in total. The van der Waals surface area contributed by atoms with Gasteiger partial charge >= 0.3 is 0 Å². The number of fused-ring (bicyclic) bond motifs is 2. The van der Waals surface area contributed by atoms with Gasteiger partial charge in [-0.25, -0.2) is 0 Å². The Hall–Kier alpha value is -1.48. The van der Waals surface area contributed by atoms with E-state index in [1.807, 2.05) is 0 Å². The molecule has 3 heterocycles. The van der Waals surface area contributed by atoms with Crippen molar-refractivity contribution in [3.8, 4) is 0 Å². The summed E-state index contributed by atoms with van der Waals surface area (Å²) in [5, 5.41) is 1.35. The van der Waals surface area contributed by atoms with E-state index >= 15 is 0 Å². The Balaban J connectivity index is 1.66. The number of hydrogen-bond acceptors (Lipinski definition) is 2. The Morgan fingerprint density at radius 3 is 2.90 bits per heavy atom. The highest BCUT2D eigenvalue weighted by Crippen LogP contribution is 2.38. The Kier molecular flexibility index (Phi) is 2.95. The Labute approximate surface area is 120 Å². The lowest BCUT2D eigenvalue weighted by Crippen LogP contribution is -2.44. The minimum atomic E-state index is 0.684. The molecule has 0 aliphatic carbocycles. The summed E-state index contributed by atoms with van der Waals surface area (Å²) in [5.74, 6) is 6.81. The molecule has 0 saturated carbocycles. The van der Waals surface area contributed by atoms with Crippen molar-refractivity contribution in [2.45, 2.75) is 44.1 Å². The van der Waals surface area contributed by atoms with E-state index in [0.29, 0.717) is 5.92 Å². The monoisotopic (exact) mass is 269 g/mol. The maximum absolute atomic E-state index is 6.12. The van der Waals surface area contributed by atoms with Gasteiger partial charge in [0.25, 0.3) is 0 Å². The number of rotatable bonds is 1. The molecule has 106 valence electrons. The van der Waals surface area contributed by atoms with Crippen molar-refractivity contribution in [1.82, 2.24) is 9.58 Å². The van der Waals surface area contributed by atoms with Gasteiger partial charge in [0.2, 0.25) is 0 Å². The molecule has 3 heteroatoms. The SMILES string of the molecule is Nn1cc(C2CCN3CCCCC3C2)c2ccccc21. The summed E-state index contributed by atoms with van der Waals surface area (Å²) < 4.78 is 1.80. The lowest BCUT2D eigenvalue weighted by Gasteiger charge is -2.42. The lowest BCUT2D eigenvalue weighted by molar-refractivity contribution is 0.0977. The minimum Gasteiger partial charge on any atom is -0.339 e. The van der Waals surface area contributed by atoms with Crippen LogP contribution in [0.4, 0.5) is 0 Å². The van der Waals surface area contributed by atoms with Crippen LogP contribution in [0.15, 0.2) is 30.5 Å². The predicted molar refractivity (Wildman–Crippen MR) is 83.3 cm³/mol. The Bertz CT molecular complexity index is 616. The molecule has 2 N–H and O–H groups in total. The van der Waals surface area contributed by atoms with E-state index in [1.54, 1.807) is 4.68 Å². The summed E-state index contributed by atoms with van der Waals surface area (Å²) in [6.07, 6.45) is 8.94. The predicted octanol–water partition coefficient (Wildman–Crippen LogP) is 3.09. The van der Waals surface area contributed by atoms with Gasteiger partial charge < -0.3 is 10.7 Å². The Morgan fingerprint density at radius 2 is 1.95 bits per heavy atom. The highest BCUT2D eigenvalue weighted by atomic mass is 15.3. The summed E-state index contributed by atoms with van der Waals surface area (Å²) in [7, 11) is 0. The van der Waals surface area contributed by atoms with Gasteiger partial charge in [-0.3, -0.25) is 4.68 Å². The van der Waals surface area contributed by atoms with Gasteiger partial charge in [0.1, 0.15) is 0 Å². The second-order valence-electron chi connectivity index (χ2n) is 6.42. The standard InChI is InChI=1S/C17H23N3/c18-20-12-16(15-6-1-2-7-17(15)20)13-8-10-19-9-4-3-5-14(19)11-13/h1-2,6-7,12-14H,3-5,8-11,18H2. The first-order valence-corrected chi connectivity index (χ1v) is 7.92. The normalized spacial score (nSPS) is 27.6. The van der Waals surface area contributed by atoms with E-state index in [4.69, 9.17) is 5.84 Å². The van der Waals surface area contributed by atoms with E-state index in [9.17, 15) is 0 Å². The van der Waals surface area contributed by atoms with Crippen LogP contribution in [0, 0.1) is 0 Å². The molecular weight excluding hydrogens is 246 g/mol. The fourth-order valence-electron chi connectivity index (χ4n) is 4.23. The van der Waals surface area contributed by atoms with Gasteiger partial charge in [-0.05, 0) is 56.3 Å². The van der Waals surface area contributed by atoms with E-state index in [2.05, 4.69) is 35.4 Å². The third kappa shape index (κ3) is 1.92. The zero-order valence-corrected chi connectivity index (χ0v) is 12.0. The van der Waals surface area contributed by atoms with Crippen LogP contribution in [0.3, 0.4) is 0 Å². The van der Waals surface area contributed by atoms with Gasteiger partial charge in [-0.1, -0.05) is 24.6 Å². The van der Waals surface area contributed by atoms with Crippen molar-refractivity contribution in [3.63, 3.8) is 0 Å². The molecular formula is C17H23N3. The fraction of sp³-hybridized carbons (Fsp3) is 0.529. The maximum atomic E-state index is 6.12. The molecule has 2 saturated heterocycles. The van der Waals surface area contributed by atoms with Gasteiger partial charge in [-0.2, -0.15) is 0 Å². The van der Waals surface area contributed by atoms with Crippen LogP contribution in [0.5, 0.6) is 0 Å². The molecule has 0 radical (unpaired) electrons. The number of aromatic nitrogens is 1. The van der Waals surface area contributed by atoms with Crippen LogP contribution in [0.25, 0.3) is 10.9 Å². The molecule has 0 spiro atoms. The average molecular weight is 269 g/mol. The van der Waals surface area contributed by atoms with Gasteiger partial charge in [0, 0.05) is 17.6 Å². The van der Waals surface area contributed by atoms with Crippen LogP contribution < -0.4 is 5.84 Å². The van der Waals surface area contributed by atoms with Crippen LogP contribution in [0.2, 0.25) is 0 Å². The smallest absolute Gasteiger partial charge is 0.0693 e. The third-order valence-electron chi connectivity index (χ3n) is 5.28. The van der Waals surface area contributed by atoms with Crippen molar-refractivity contribution in [1.29, 1.82) is 0 Å². The summed E-state index contributed by atoms with van der Waals surface area (Å²) in [6, 6.07) is 9.35. The third-order valence-corrected chi connectivity index (χ3v) is 5.28. The van der Waals surface area contributed by atoms with Gasteiger partial charge in [0.05, 0.1) is 5.52 Å². The van der Waals surface area contributed by atoms with E-state index in [0.717, 1.165) is 11.6 Å². The van der Waals surface area contributed by atoms with Crippen LogP contribution in [-0.4, -0.2) is 28.7 Å². The zero-order chi connectivity index (χ0) is 13.5. The Morgan fingerprint density at radius 1 is 1.05 bits per heavy atom. The van der Waals surface area contributed by atoms with Gasteiger partial charge in [0.15, 0.2) is 0 Å². The number of nitrogens with two attached hydrogens (primary N) is 1. The first-order valence-electron chi connectivity index (χ1n) is 7.92. The molecule has 1 aromatic heterocycles. The summed E-state index contributed by atoms with van der Waals surface area (Å²) in [5.41, 5.74) is 2.63. The number of piperidine rings is 2. The molecule has 20 heavy (non-hydrogen) atoms. The van der Waals surface area contributed by atoms with E-state index in [-0.39, 0.29) is 0 Å². The minimum absolute atomic E-state index is 0.684. The van der Waals surface area contributed by atoms with Crippen molar-refractivity contribution in [2.24, 2.45) is 0 Å². The van der Waals surface area contributed by atoms with Crippen LogP contribution >= 0.6 is 0 Å². The molecule has 2 aliphatic rings. The topological polar surface area (TPSA) is 34.2 Å². The fourth-order valence-corrected chi connectivity index (χ4v) is 4.23. The molecule has 0 bridgehead atoms. The van der Waals surface area contributed by atoms with Crippen LogP contribution in [-0.2, 0) is 0 Å². The first kappa shape index (κ1) is 12.3. The van der Waals surface area contributed by atoms with Crippen molar-refractivity contribution >= 4 is 10.9 Å². The number of benzene rings is 1. The highest BCUT2D eigenvalue weighted by Gasteiger charge is 2.31. The van der Waals surface area contributed by atoms with Crippen molar-refractivity contribution in [2.75, 3.05) is 18.9 Å². The zero-order valence-electron chi connectivity index (χ0n) is 12.0. The van der Waals surface area contributed by atoms with E-state index in [1.165, 1.54) is 56.1 Å². The molecule has 4 rings (SSSR count). The van der Waals surface area contributed by atoms with Gasteiger partial charge in [-0.15, -0.1) is 0 Å². The molecule has 2 unspecified atom stereocenters. The molecule has 2 aliphatic heterocycles. The summed E-state index contributed by atoms with van der Waals surface area (Å²) in [6.45, 7) is 2.58. The maximum Gasteiger partial charge on any atom is 0.0693 e. The highest BCUT2D eigenvalue weighted by molar-refractivity contribution is 5.84. The lowest BCUT2D eigenvalue weighted by atomic mass is 9.82. The van der Waals surface area contributed by atoms with Crippen LogP contribution in [0.1, 0.15) is 43.6 Å². The number of nitrogen functional groups attached to an aromatic ring is 1. The number of hydrogen-bond donors (Lipinski definition) is 1. The summed E-state index contributed by atoms with van der Waals surface area (Å²) in [4.78, 5) is 2.71. The molecule has 2 aromatic rings. The second kappa shape index (κ2) is 4.81. The number of nitrogens with zero attached hydrogens (tertiary/aromatic N) is 2. The average Bonchev–Trinajstić information content (AvgIpc) is 2.85. The molecule has 2 fully saturated rings.